The highest BCUT2D eigenvalue weighted by Gasteiger charge is 2.26. The van der Waals surface area contributed by atoms with Gasteiger partial charge < -0.3 is 15.2 Å². The zero-order valence-electron chi connectivity index (χ0n) is 14.0. The molecule has 0 spiro atoms. The Bertz CT molecular complexity index is 832. The fourth-order valence-electron chi connectivity index (χ4n) is 3.18. The van der Waals surface area contributed by atoms with E-state index in [4.69, 9.17) is 5.73 Å². The molecule has 0 saturated carbocycles. The van der Waals surface area contributed by atoms with E-state index >= 15 is 0 Å². The molecule has 0 aliphatic carbocycles. The summed E-state index contributed by atoms with van der Waals surface area (Å²) in [5, 5.41) is 12.9. The lowest BCUT2D eigenvalue weighted by Gasteiger charge is -2.31. The Morgan fingerprint density at radius 2 is 2.08 bits per heavy atom. The van der Waals surface area contributed by atoms with E-state index in [-0.39, 0.29) is 0 Å². The zero-order valence-corrected chi connectivity index (χ0v) is 14.0. The summed E-state index contributed by atoms with van der Waals surface area (Å²) in [4.78, 5) is 14.7. The van der Waals surface area contributed by atoms with Gasteiger partial charge in [0.05, 0.1) is 0 Å². The van der Waals surface area contributed by atoms with Gasteiger partial charge in [-0.2, -0.15) is 10.1 Å². The van der Waals surface area contributed by atoms with E-state index in [0.717, 1.165) is 37.6 Å². The van der Waals surface area contributed by atoms with Crippen LogP contribution in [0.5, 0.6) is 0 Å². The van der Waals surface area contributed by atoms with Gasteiger partial charge in [-0.15, -0.1) is 10.2 Å². The first-order valence-corrected chi connectivity index (χ1v) is 8.25. The predicted molar refractivity (Wildman–Crippen MR) is 90.8 cm³/mol. The van der Waals surface area contributed by atoms with Crippen LogP contribution in [0.1, 0.15) is 30.4 Å². The summed E-state index contributed by atoms with van der Waals surface area (Å²) < 4.78 is 3.81. The van der Waals surface area contributed by atoms with E-state index in [1.165, 1.54) is 6.33 Å². The predicted octanol–water partition coefficient (Wildman–Crippen LogP) is 0.211. The first kappa shape index (κ1) is 15.5. The van der Waals surface area contributed by atoms with Crippen LogP contribution in [-0.2, 0) is 13.6 Å². The van der Waals surface area contributed by atoms with Crippen molar-refractivity contribution in [3.8, 4) is 0 Å². The van der Waals surface area contributed by atoms with E-state index in [9.17, 15) is 0 Å². The Kier molecular flexibility index (Phi) is 4.00. The van der Waals surface area contributed by atoms with Crippen molar-refractivity contribution in [1.29, 1.82) is 0 Å². The molecule has 4 heterocycles. The molecule has 0 radical (unpaired) electrons. The van der Waals surface area contributed by atoms with Gasteiger partial charge in [0, 0.05) is 32.3 Å². The molecule has 10 heteroatoms. The third kappa shape index (κ3) is 3.14. The summed E-state index contributed by atoms with van der Waals surface area (Å²) >= 11 is 0. The van der Waals surface area contributed by atoms with E-state index in [1.807, 2.05) is 7.05 Å². The fourth-order valence-corrected chi connectivity index (χ4v) is 3.18. The molecule has 2 N–H and O–H groups in total. The second kappa shape index (κ2) is 6.46. The van der Waals surface area contributed by atoms with Crippen LogP contribution in [0.15, 0.2) is 24.9 Å². The molecule has 25 heavy (non-hydrogen) atoms. The molecule has 0 amide bonds. The molecule has 1 aliphatic heterocycles. The quantitative estimate of drug-likeness (QED) is 0.716. The molecule has 3 aromatic heterocycles. The van der Waals surface area contributed by atoms with Crippen molar-refractivity contribution >= 4 is 11.8 Å². The van der Waals surface area contributed by atoms with Crippen LogP contribution in [0.25, 0.3) is 0 Å². The van der Waals surface area contributed by atoms with Gasteiger partial charge in [0.25, 0.3) is 0 Å². The van der Waals surface area contributed by atoms with Crippen LogP contribution >= 0.6 is 0 Å². The average Bonchev–Trinajstić information content (AvgIpc) is 3.26. The maximum Gasteiger partial charge on any atom is 0.227 e. The minimum Gasteiger partial charge on any atom is -0.384 e. The van der Waals surface area contributed by atoms with Crippen molar-refractivity contribution in [2.75, 3.05) is 23.7 Å². The number of nitrogens with zero attached hydrogens (tertiary/aromatic N) is 9. The first-order valence-electron chi connectivity index (χ1n) is 8.25. The number of anilines is 2. The molecule has 0 unspecified atom stereocenters. The van der Waals surface area contributed by atoms with Crippen molar-refractivity contribution < 1.29 is 0 Å². The van der Waals surface area contributed by atoms with E-state index in [0.29, 0.717) is 24.2 Å². The van der Waals surface area contributed by atoms with Crippen molar-refractivity contribution in [3.05, 3.63) is 36.6 Å². The van der Waals surface area contributed by atoms with Gasteiger partial charge in [0.2, 0.25) is 5.95 Å². The van der Waals surface area contributed by atoms with Crippen molar-refractivity contribution in [2.45, 2.75) is 25.3 Å². The van der Waals surface area contributed by atoms with Gasteiger partial charge in [-0.05, 0) is 18.9 Å². The lowest BCUT2D eigenvalue weighted by atomic mass is 9.96. The molecule has 1 saturated heterocycles. The number of hydrogen-bond acceptors (Lipinski definition) is 8. The maximum atomic E-state index is 5.75. The molecule has 130 valence electrons. The Morgan fingerprint density at radius 3 is 2.80 bits per heavy atom. The molecule has 1 aliphatic rings. The smallest absolute Gasteiger partial charge is 0.227 e. The summed E-state index contributed by atoms with van der Waals surface area (Å²) in [5.41, 5.74) is 5.75. The van der Waals surface area contributed by atoms with Gasteiger partial charge in [-0.25, -0.2) is 14.6 Å². The number of piperidine rings is 1. The standard InChI is InChI=1S/C15H20N10/c1-23-13(8-25-10-17-9-19-25)21-22-14(23)11-3-6-24(7-4-11)15-18-5-2-12(16)20-15/h2,5,9-11H,3-4,6-8H2,1H3,(H2,16,18,20). The lowest BCUT2D eigenvalue weighted by Crippen LogP contribution is -2.35. The Morgan fingerprint density at radius 1 is 1.24 bits per heavy atom. The Balaban J connectivity index is 1.43. The van der Waals surface area contributed by atoms with E-state index < -0.39 is 0 Å². The fraction of sp³-hybridized carbons (Fsp3) is 0.467. The molecule has 0 aromatic carbocycles. The minimum absolute atomic E-state index is 0.374. The van der Waals surface area contributed by atoms with Gasteiger partial charge in [-0.3, -0.25) is 0 Å². The van der Waals surface area contributed by atoms with Crippen molar-refractivity contribution in [3.63, 3.8) is 0 Å². The van der Waals surface area contributed by atoms with Gasteiger partial charge in [0.1, 0.15) is 30.8 Å². The third-order valence-corrected chi connectivity index (χ3v) is 4.58. The largest absolute Gasteiger partial charge is 0.384 e. The second-order valence-electron chi connectivity index (χ2n) is 6.17. The maximum absolute atomic E-state index is 5.75. The molecule has 0 bridgehead atoms. The summed E-state index contributed by atoms with van der Waals surface area (Å²) in [6, 6.07) is 1.70. The Labute approximate surface area is 144 Å². The second-order valence-corrected chi connectivity index (χ2v) is 6.17. The summed E-state index contributed by atoms with van der Waals surface area (Å²) in [5.74, 6) is 3.46. The number of nitrogen functional groups attached to an aromatic ring is 1. The highest BCUT2D eigenvalue weighted by atomic mass is 15.4. The zero-order chi connectivity index (χ0) is 17.2. The van der Waals surface area contributed by atoms with Crippen LogP contribution < -0.4 is 10.6 Å². The van der Waals surface area contributed by atoms with Crippen LogP contribution in [0, 0.1) is 0 Å². The number of rotatable bonds is 4. The number of nitrogens with two attached hydrogens (primary N) is 1. The minimum atomic E-state index is 0.374. The van der Waals surface area contributed by atoms with E-state index in [2.05, 4.69) is 39.7 Å². The third-order valence-electron chi connectivity index (χ3n) is 4.58. The highest BCUT2D eigenvalue weighted by Crippen LogP contribution is 2.28. The van der Waals surface area contributed by atoms with Crippen molar-refractivity contribution in [2.24, 2.45) is 7.05 Å². The van der Waals surface area contributed by atoms with Gasteiger partial charge in [-0.1, -0.05) is 0 Å². The van der Waals surface area contributed by atoms with E-state index in [1.54, 1.807) is 23.3 Å². The molecule has 10 nitrogen and oxygen atoms in total. The number of aromatic nitrogens is 8. The molecule has 4 rings (SSSR count). The summed E-state index contributed by atoms with van der Waals surface area (Å²) in [6.45, 7) is 2.32. The summed E-state index contributed by atoms with van der Waals surface area (Å²) in [6.07, 6.45) is 6.85. The summed E-state index contributed by atoms with van der Waals surface area (Å²) in [7, 11) is 2.01. The normalized spacial score (nSPS) is 15.6. The molecular weight excluding hydrogens is 320 g/mol. The molecular formula is C15H20N10. The van der Waals surface area contributed by atoms with Crippen LogP contribution in [0.4, 0.5) is 11.8 Å². The highest BCUT2D eigenvalue weighted by molar-refractivity contribution is 5.38. The van der Waals surface area contributed by atoms with Crippen LogP contribution in [0.2, 0.25) is 0 Å². The van der Waals surface area contributed by atoms with Gasteiger partial charge in [0.15, 0.2) is 5.82 Å². The SMILES string of the molecule is Cn1c(Cn2cncn2)nnc1C1CCN(c2nccc(N)n2)CC1. The van der Waals surface area contributed by atoms with Crippen molar-refractivity contribution in [1.82, 2.24) is 39.5 Å². The van der Waals surface area contributed by atoms with Crippen LogP contribution in [0.3, 0.4) is 0 Å². The lowest BCUT2D eigenvalue weighted by molar-refractivity contribution is 0.467. The molecule has 1 fully saturated rings. The first-order chi connectivity index (χ1) is 12.2. The van der Waals surface area contributed by atoms with Gasteiger partial charge >= 0.3 is 0 Å². The monoisotopic (exact) mass is 340 g/mol. The molecule has 0 atom stereocenters. The van der Waals surface area contributed by atoms with Crippen LogP contribution in [-0.4, -0.2) is 52.6 Å². The Hall–Kier alpha value is -3.04. The molecule has 3 aromatic rings. The topological polar surface area (TPSA) is 116 Å². The average molecular weight is 340 g/mol. The number of hydrogen-bond donors (Lipinski definition) is 1.